The molecule has 2 aliphatic rings. The zero-order valence-corrected chi connectivity index (χ0v) is 37.2. The number of nitrogens with zero attached hydrogens (tertiary/aromatic N) is 4. The molecule has 0 radical (unpaired) electrons. The lowest BCUT2D eigenvalue weighted by Gasteiger charge is -2.36. The van der Waals surface area contributed by atoms with E-state index in [1.807, 2.05) is 111 Å². The molecule has 1 aliphatic carbocycles. The van der Waals surface area contributed by atoms with Crippen molar-refractivity contribution in [2.75, 3.05) is 19.8 Å². The molecule has 0 unspecified atom stereocenters. The van der Waals surface area contributed by atoms with Gasteiger partial charge in [-0.25, -0.2) is 4.39 Å². The first-order chi connectivity index (χ1) is 31.6. The van der Waals surface area contributed by atoms with Crippen molar-refractivity contribution in [2.24, 2.45) is 5.92 Å². The van der Waals surface area contributed by atoms with Gasteiger partial charge in [0.15, 0.2) is 5.75 Å². The quantitative estimate of drug-likeness (QED) is 0.0843. The van der Waals surface area contributed by atoms with Crippen LogP contribution >= 0.6 is 0 Å². The number of benzene rings is 6. The van der Waals surface area contributed by atoms with E-state index < -0.39 is 11.1 Å². The summed E-state index contributed by atoms with van der Waals surface area (Å²) >= 11 is 0. The number of terminal acetylenes is 1. The smallest absolute Gasteiger partial charge is 0.320 e. The van der Waals surface area contributed by atoms with Crippen LogP contribution < -0.4 is 14.2 Å². The van der Waals surface area contributed by atoms with E-state index in [-0.39, 0.29) is 30.3 Å². The van der Waals surface area contributed by atoms with E-state index in [1.165, 1.54) is 0 Å². The molecule has 3 heterocycles. The Labute approximate surface area is 379 Å². The molecule has 326 valence electrons. The highest BCUT2D eigenvalue weighted by Gasteiger charge is 2.41. The third kappa shape index (κ3) is 8.08. The van der Waals surface area contributed by atoms with Gasteiger partial charge in [-0.3, -0.25) is 4.68 Å². The molecule has 10 rings (SSSR count). The second-order valence-electron chi connectivity index (χ2n) is 18.2. The summed E-state index contributed by atoms with van der Waals surface area (Å²) < 4.78 is 44.8. The molecule has 0 N–H and O–H groups in total. The van der Waals surface area contributed by atoms with Crippen molar-refractivity contribution in [1.82, 2.24) is 19.7 Å². The average Bonchev–Trinajstić information content (AvgIpc) is 3.87. The van der Waals surface area contributed by atoms with Crippen LogP contribution in [0.25, 0.3) is 32.9 Å². The van der Waals surface area contributed by atoms with Crippen LogP contribution in [0.1, 0.15) is 84.9 Å². The van der Waals surface area contributed by atoms with Gasteiger partial charge < -0.3 is 18.9 Å². The lowest BCUT2D eigenvalue weighted by atomic mass is 9.77. The number of ether oxygens (including phenoxy) is 4. The molecule has 2 aromatic heterocycles. The Morgan fingerprint density at radius 3 is 2.00 bits per heavy atom. The van der Waals surface area contributed by atoms with Crippen LogP contribution in [0.2, 0.25) is 0 Å². The fourth-order valence-corrected chi connectivity index (χ4v) is 9.18. The molecule has 0 bridgehead atoms. The highest BCUT2D eigenvalue weighted by molar-refractivity contribution is 6.05. The van der Waals surface area contributed by atoms with E-state index in [4.69, 9.17) is 40.4 Å². The topological polar surface area (TPSA) is 80.5 Å². The molecule has 8 nitrogen and oxygen atoms in total. The largest absolute Gasteiger partial charge is 0.486 e. The van der Waals surface area contributed by atoms with Crippen LogP contribution in [-0.4, -0.2) is 45.2 Å². The minimum atomic E-state index is -0.931. The molecule has 8 aromatic rings. The molecule has 1 atom stereocenters. The minimum Gasteiger partial charge on any atom is -0.486 e. The number of rotatable bonds is 13. The van der Waals surface area contributed by atoms with Gasteiger partial charge in [0, 0.05) is 46.9 Å². The van der Waals surface area contributed by atoms with E-state index in [1.54, 1.807) is 6.07 Å². The first-order valence-electron chi connectivity index (χ1n) is 22.4. The monoisotopic (exact) mass is 862 g/mol. The number of aromatic nitrogens is 4. The zero-order valence-electron chi connectivity index (χ0n) is 37.2. The van der Waals surface area contributed by atoms with Crippen LogP contribution in [0.4, 0.5) is 4.39 Å². The summed E-state index contributed by atoms with van der Waals surface area (Å²) in [7, 11) is 0. The fraction of sp³-hybridized carbons (Fsp3) is 0.268. The van der Waals surface area contributed by atoms with Gasteiger partial charge in [0.1, 0.15) is 29.1 Å². The molecular weight excluding hydrogens is 812 g/mol. The fourth-order valence-electron chi connectivity index (χ4n) is 9.18. The molecule has 9 heteroatoms. The van der Waals surface area contributed by atoms with Gasteiger partial charge in [-0.1, -0.05) is 109 Å². The van der Waals surface area contributed by atoms with Crippen molar-refractivity contribution in [2.45, 2.75) is 70.6 Å². The van der Waals surface area contributed by atoms with Gasteiger partial charge in [0.25, 0.3) is 0 Å². The van der Waals surface area contributed by atoms with Gasteiger partial charge in [-0.05, 0) is 104 Å². The Hall–Kier alpha value is -7.02. The average molecular weight is 863 g/mol. The van der Waals surface area contributed by atoms with Crippen molar-refractivity contribution in [3.8, 4) is 41.1 Å². The van der Waals surface area contributed by atoms with E-state index in [0.29, 0.717) is 59.0 Å². The highest BCUT2D eigenvalue weighted by Crippen LogP contribution is 2.54. The normalized spacial score (nSPS) is 15.3. The summed E-state index contributed by atoms with van der Waals surface area (Å²) in [6, 6.07) is 42.7. The molecule has 0 amide bonds. The first-order valence-corrected chi connectivity index (χ1v) is 22.4. The third-order valence-corrected chi connectivity index (χ3v) is 12.5. The SMILES string of the molecule is C#Cc1ccc(COc2c(-c3c(C)c(F)cc4nn(C(c5ccccc5)(c5ccccc5)c5ccccc5)cc34)c(C3CC3)cc3c(OC(C)(C)C)nc(OC[C@H]4CCOC4)nc23)cc1. The Balaban J connectivity index is 1.27. The van der Waals surface area contributed by atoms with Crippen LogP contribution in [0.5, 0.6) is 17.6 Å². The lowest BCUT2D eigenvalue weighted by Crippen LogP contribution is -2.38. The second-order valence-corrected chi connectivity index (χ2v) is 18.2. The minimum absolute atomic E-state index is 0.171. The zero-order chi connectivity index (χ0) is 44.7. The van der Waals surface area contributed by atoms with Gasteiger partial charge in [-0.15, -0.1) is 6.42 Å². The molecule has 65 heavy (non-hydrogen) atoms. The predicted molar refractivity (Wildman–Crippen MR) is 253 cm³/mol. The van der Waals surface area contributed by atoms with E-state index in [9.17, 15) is 0 Å². The van der Waals surface area contributed by atoms with Gasteiger partial charge >= 0.3 is 6.01 Å². The van der Waals surface area contributed by atoms with Crippen molar-refractivity contribution >= 4 is 21.8 Å². The second kappa shape index (κ2) is 17.2. The summed E-state index contributed by atoms with van der Waals surface area (Å²) in [4.78, 5) is 10.1. The summed E-state index contributed by atoms with van der Waals surface area (Å²) in [6.45, 7) is 9.71. The summed E-state index contributed by atoms with van der Waals surface area (Å²) in [5, 5.41) is 6.84. The van der Waals surface area contributed by atoms with Crippen LogP contribution in [0, 0.1) is 31.0 Å². The summed E-state index contributed by atoms with van der Waals surface area (Å²) in [5.41, 5.74) is 7.14. The predicted octanol–water partition coefficient (Wildman–Crippen LogP) is 12.0. The van der Waals surface area contributed by atoms with Gasteiger partial charge in [-0.2, -0.15) is 15.1 Å². The Kier molecular flexibility index (Phi) is 11.1. The van der Waals surface area contributed by atoms with Gasteiger partial charge in [0.2, 0.25) is 5.88 Å². The van der Waals surface area contributed by atoms with Crippen molar-refractivity contribution in [3.63, 3.8) is 0 Å². The Morgan fingerprint density at radius 2 is 1.43 bits per heavy atom. The summed E-state index contributed by atoms with van der Waals surface area (Å²) in [5.74, 6) is 3.61. The molecule has 1 saturated carbocycles. The molecule has 0 spiro atoms. The molecule has 1 saturated heterocycles. The standard InChI is InChI=1S/C56H51FN4O4/c1-6-37-22-24-38(25-23-37)34-63-52-50(44(40-26-27-40)30-45-51(52)58-54(59-53(45)65-55(3,4)5)64-35-39-28-29-62-33-39)49-36(2)47(57)31-48-46(49)32-61(60-48)56(41-16-10-7-11-17-41,42-18-12-8-13-19-42)43-20-14-9-15-21-43/h1,7-25,30-32,39-40H,26-29,33-35H2,2-5H3/t39-/m0/s1. The van der Waals surface area contributed by atoms with Crippen molar-refractivity contribution in [3.05, 3.63) is 178 Å². The maximum Gasteiger partial charge on any atom is 0.320 e. The van der Waals surface area contributed by atoms with Crippen molar-refractivity contribution in [1.29, 1.82) is 0 Å². The maximum atomic E-state index is 17.0. The number of fused-ring (bicyclic) bond motifs is 2. The Morgan fingerprint density at radius 1 is 0.785 bits per heavy atom. The van der Waals surface area contributed by atoms with E-state index in [2.05, 4.69) is 54.6 Å². The molecular formula is C56H51FN4O4. The molecule has 6 aromatic carbocycles. The molecule has 2 fully saturated rings. The van der Waals surface area contributed by atoms with E-state index in [0.717, 1.165) is 63.6 Å². The number of hydrogen-bond donors (Lipinski definition) is 0. The van der Waals surface area contributed by atoms with Crippen LogP contribution in [0.15, 0.2) is 134 Å². The summed E-state index contributed by atoms with van der Waals surface area (Å²) in [6.07, 6.45) is 10.6. The maximum absolute atomic E-state index is 17.0. The highest BCUT2D eigenvalue weighted by atomic mass is 19.1. The number of halogens is 1. The molecule has 1 aliphatic heterocycles. The van der Waals surface area contributed by atoms with Gasteiger partial charge in [0.05, 0.1) is 24.1 Å². The third-order valence-electron chi connectivity index (χ3n) is 12.5. The lowest BCUT2D eigenvalue weighted by molar-refractivity contribution is 0.123. The first kappa shape index (κ1) is 42.0. The van der Waals surface area contributed by atoms with E-state index >= 15 is 4.39 Å². The Bertz CT molecular complexity index is 2940. The number of hydrogen-bond acceptors (Lipinski definition) is 7. The van der Waals surface area contributed by atoms with Crippen LogP contribution in [-0.2, 0) is 16.9 Å². The van der Waals surface area contributed by atoms with Crippen LogP contribution in [0.3, 0.4) is 0 Å². The van der Waals surface area contributed by atoms with Crippen molar-refractivity contribution < 1.29 is 23.3 Å².